The van der Waals surface area contributed by atoms with Crippen LogP contribution < -0.4 is 0 Å². The lowest BCUT2D eigenvalue weighted by molar-refractivity contribution is 0.146. The minimum absolute atomic E-state index is 0.579. The van der Waals surface area contributed by atoms with Gasteiger partial charge in [-0.3, -0.25) is 0 Å². The Balaban J connectivity index is 2.42. The van der Waals surface area contributed by atoms with Crippen LogP contribution in [0.25, 0.3) is 0 Å². The molecule has 1 aliphatic rings. The Bertz CT molecular complexity index is 250. The molecular formula is C7H10N2O. The fourth-order valence-corrected chi connectivity index (χ4v) is 1.18. The summed E-state index contributed by atoms with van der Waals surface area (Å²) in [7, 11) is 0. The molecule has 0 aliphatic heterocycles. The number of aliphatic hydroxyl groups is 1. The highest BCUT2D eigenvalue weighted by atomic mass is 16.3. The van der Waals surface area contributed by atoms with E-state index in [4.69, 9.17) is 0 Å². The highest BCUT2D eigenvalue weighted by molar-refractivity contribution is 5.23. The average molecular weight is 138 g/mol. The van der Waals surface area contributed by atoms with Crippen molar-refractivity contribution in [2.75, 3.05) is 0 Å². The van der Waals surface area contributed by atoms with E-state index in [1.165, 1.54) is 0 Å². The lowest BCUT2D eigenvalue weighted by Crippen LogP contribution is -2.06. The van der Waals surface area contributed by atoms with E-state index in [1.54, 1.807) is 6.33 Å². The van der Waals surface area contributed by atoms with Crippen LogP contribution in [0.15, 0.2) is 6.33 Å². The zero-order valence-electron chi connectivity index (χ0n) is 5.89. The Morgan fingerprint density at radius 1 is 1.70 bits per heavy atom. The third-order valence-corrected chi connectivity index (χ3v) is 1.99. The highest BCUT2D eigenvalue weighted by Crippen LogP contribution is 2.45. The first-order valence-electron chi connectivity index (χ1n) is 3.45. The summed E-state index contributed by atoms with van der Waals surface area (Å²) in [6.07, 6.45) is 3.35. The van der Waals surface area contributed by atoms with Crippen LogP contribution in [0.4, 0.5) is 0 Å². The van der Waals surface area contributed by atoms with Gasteiger partial charge in [0.15, 0.2) is 0 Å². The van der Waals surface area contributed by atoms with Gasteiger partial charge in [0.1, 0.15) is 5.60 Å². The number of rotatable bonds is 1. The van der Waals surface area contributed by atoms with Crippen molar-refractivity contribution in [3.63, 3.8) is 0 Å². The number of H-pyrrole nitrogens is 1. The molecule has 0 bridgehead atoms. The summed E-state index contributed by atoms with van der Waals surface area (Å²) >= 11 is 0. The van der Waals surface area contributed by atoms with Gasteiger partial charge in [-0.05, 0) is 19.8 Å². The summed E-state index contributed by atoms with van der Waals surface area (Å²) < 4.78 is 0. The summed E-state index contributed by atoms with van der Waals surface area (Å²) in [4.78, 5) is 6.99. The van der Waals surface area contributed by atoms with Gasteiger partial charge in [-0.25, -0.2) is 4.98 Å². The lowest BCUT2D eigenvalue weighted by Gasteiger charge is -2.02. The first-order valence-corrected chi connectivity index (χ1v) is 3.45. The normalized spacial score (nSPS) is 21.0. The molecular weight excluding hydrogens is 128 g/mol. The molecule has 10 heavy (non-hydrogen) atoms. The third kappa shape index (κ3) is 0.671. The smallest absolute Gasteiger partial charge is 0.109 e. The zero-order valence-corrected chi connectivity index (χ0v) is 5.89. The Morgan fingerprint density at radius 2 is 2.40 bits per heavy atom. The molecule has 0 atom stereocenters. The van der Waals surface area contributed by atoms with Crippen LogP contribution in [-0.4, -0.2) is 15.1 Å². The van der Waals surface area contributed by atoms with Gasteiger partial charge in [0.05, 0.1) is 12.0 Å². The van der Waals surface area contributed by atoms with E-state index in [0.717, 1.165) is 24.2 Å². The summed E-state index contributed by atoms with van der Waals surface area (Å²) in [6.45, 7) is 1.93. The minimum atomic E-state index is -0.579. The van der Waals surface area contributed by atoms with Crippen LogP contribution in [-0.2, 0) is 5.60 Å². The maximum absolute atomic E-state index is 9.59. The summed E-state index contributed by atoms with van der Waals surface area (Å²) in [5.74, 6) is 0. The molecule has 0 saturated heterocycles. The molecule has 1 aromatic rings. The number of hydrogen-bond acceptors (Lipinski definition) is 2. The van der Waals surface area contributed by atoms with Crippen molar-refractivity contribution in [1.82, 2.24) is 9.97 Å². The average Bonchev–Trinajstić information content (AvgIpc) is 2.44. The largest absolute Gasteiger partial charge is 0.383 e. The molecule has 1 aliphatic carbocycles. The summed E-state index contributed by atoms with van der Waals surface area (Å²) in [5, 5.41) is 9.59. The molecule has 1 fully saturated rings. The van der Waals surface area contributed by atoms with E-state index in [1.807, 2.05) is 6.92 Å². The van der Waals surface area contributed by atoms with Gasteiger partial charge >= 0.3 is 0 Å². The van der Waals surface area contributed by atoms with Crippen molar-refractivity contribution in [3.05, 3.63) is 17.7 Å². The van der Waals surface area contributed by atoms with Crippen LogP contribution in [0.3, 0.4) is 0 Å². The van der Waals surface area contributed by atoms with Crippen LogP contribution in [0.5, 0.6) is 0 Å². The van der Waals surface area contributed by atoms with Crippen molar-refractivity contribution in [2.45, 2.75) is 25.4 Å². The molecule has 3 heteroatoms. The van der Waals surface area contributed by atoms with E-state index in [0.29, 0.717) is 0 Å². The zero-order chi connectivity index (χ0) is 7.19. The highest BCUT2D eigenvalue weighted by Gasteiger charge is 2.44. The van der Waals surface area contributed by atoms with Gasteiger partial charge in [0.25, 0.3) is 0 Å². The van der Waals surface area contributed by atoms with Crippen LogP contribution in [0, 0.1) is 6.92 Å². The number of nitrogens with zero attached hydrogens (tertiary/aromatic N) is 1. The number of nitrogens with one attached hydrogen (secondary N) is 1. The fraction of sp³-hybridized carbons (Fsp3) is 0.571. The monoisotopic (exact) mass is 138 g/mol. The molecule has 2 N–H and O–H groups in total. The number of imidazole rings is 1. The maximum Gasteiger partial charge on any atom is 0.109 e. The summed E-state index contributed by atoms with van der Waals surface area (Å²) in [6, 6.07) is 0. The minimum Gasteiger partial charge on any atom is -0.383 e. The van der Waals surface area contributed by atoms with Crippen molar-refractivity contribution >= 4 is 0 Å². The molecule has 0 unspecified atom stereocenters. The molecule has 0 spiro atoms. The molecule has 1 saturated carbocycles. The molecule has 0 amide bonds. The second kappa shape index (κ2) is 1.61. The Morgan fingerprint density at radius 3 is 2.80 bits per heavy atom. The molecule has 0 radical (unpaired) electrons. The topological polar surface area (TPSA) is 48.9 Å². The Labute approximate surface area is 59.1 Å². The van der Waals surface area contributed by atoms with E-state index in [9.17, 15) is 5.11 Å². The van der Waals surface area contributed by atoms with Crippen molar-refractivity contribution in [1.29, 1.82) is 0 Å². The maximum atomic E-state index is 9.59. The second-order valence-corrected chi connectivity index (χ2v) is 2.91. The Hall–Kier alpha value is -0.830. The van der Waals surface area contributed by atoms with E-state index >= 15 is 0 Å². The number of aromatic nitrogens is 2. The van der Waals surface area contributed by atoms with Crippen molar-refractivity contribution in [3.8, 4) is 0 Å². The van der Waals surface area contributed by atoms with E-state index < -0.39 is 5.60 Å². The fourth-order valence-electron chi connectivity index (χ4n) is 1.18. The predicted octanol–water partition coefficient (Wildman–Crippen LogP) is 0.700. The van der Waals surface area contributed by atoms with Gasteiger partial charge in [0, 0.05) is 5.69 Å². The molecule has 54 valence electrons. The van der Waals surface area contributed by atoms with Crippen LogP contribution in [0.2, 0.25) is 0 Å². The van der Waals surface area contributed by atoms with Crippen LogP contribution in [0.1, 0.15) is 24.2 Å². The van der Waals surface area contributed by atoms with E-state index in [2.05, 4.69) is 9.97 Å². The van der Waals surface area contributed by atoms with Crippen molar-refractivity contribution < 1.29 is 5.11 Å². The van der Waals surface area contributed by atoms with Gasteiger partial charge in [0.2, 0.25) is 0 Å². The standard InChI is InChI=1S/C7H10N2O/c1-5-6(9-4-8-5)7(10)2-3-7/h4,10H,2-3H2,1H3,(H,8,9). The molecule has 0 aromatic carbocycles. The molecule has 3 nitrogen and oxygen atoms in total. The first kappa shape index (κ1) is 5.92. The molecule has 2 rings (SSSR count). The van der Waals surface area contributed by atoms with Gasteiger partial charge in [-0.2, -0.15) is 0 Å². The Kier molecular flexibility index (Phi) is 0.951. The second-order valence-electron chi connectivity index (χ2n) is 2.91. The van der Waals surface area contributed by atoms with Crippen LogP contribution >= 0.6 is 0 Å². The first-order chi connectivity index (χ1) is 4.72. The van der Waals surface area contributed by atoms with Gasteiger partial charge in [-0.1, -0.05) is 0 Å². The van der Waals surface area contributed by atoms with E-state index in [-0.39, 0.29) is 0 Å². The van der Waals surface area contributed by atoms with Gasteiger partial charge < -0.3 is 10.1 Å². The lowest BCUT2D eigenvalue weighted by atomic mass is 10.2. The number of hydrogen-bond donors (Lipinski definition) is 2. The third-order valence-electron chi connectivity index (χ3n) is 1.99. The predicted molar refractivity (Wildman–Crippen MR) is 36.5 cm³/mol. The summed E-state index contributed by atoms with van der Waals surface area (Å²) in [5.41, 5.74) is 1.23. The quantitative estimate of drug-likeness (QED) is 0.600. The SMILES string of the molecule is Cc1[nH]cnc1C1(O)CC1. The molecule has 1 aromatic heterocycles. The molecule has 1 heterocycles. The van der Waals surface area contributed by atoms with Gasteiger partial charge in [-0.15, -0.1) is 0 Å². The number of aryl methyl sites for hydroxylation is 1. The number of aromatic amines is 1. The van der Waals surface area contributed by atoms with Crippen molar-refractivity contribution in [2.24, 2.45) is 0 Å².